The molecule has 0 spiro atoms. The highest BCUT2D eigenvalue weighted by molar-refractivity contribution is 9.09. The fourth-order valence-electron chi connectivity index (χ4n) is 2.68. The monoisotopic (exact) mass is 309 g/mol. The van der Waals surface area contributed by atoms with Crippen molar-refractivity contribution in [1.82, 2.24) is 4.90 Å². The van der Waals surface area contributed by atoms with Crippen molar-refractivity contribution in [1.29, 1.82) is 0 Å². The van der Waals surface area contributed by atoms with Gasteiger partial charge in [-0.15, -0.1) is 0 Å². The molecule has 2 heterocycles. The largest absolute Gasteiger partial charge is 0.480 e. The van der Waals surface area contributed by atoms with Crippen LogP contribution in [0.3, 0.4) is 0 Å². The van der Waals surface area contributed by atoms with E-state index < -0.39 is 0 Å². The highest BCUT2D eigenvalue weighted by atomic mass is 79.9. The Balaban J connectivity index is 1.66. The number of hydrogen-bond acceptors (Lipinski definition) is 2. The summed E-state index contributed by atoms with van der Waals surface area (Å²) >= 11 is 3.49. The van der Waals surface area contributed by atoms with Crippen molar-refractivity contribution in [2.24, 2.45) is 5.92 Å². The second kappa shape index (κ2) is 4.92. The minimum atomic E-state index is -0.309. The molecular weight excluding hydrogens is 294 g/mol. The van der Waals surface area contributed by atoms with Gasteiger partial charge in [-0.1, -0.05) is 34.1 Å². The first-order valence-corrected chi connectivity index (χ1v) is 7.49. The Hall–Kier alpha value is -1.03. The number of ether oxygens (including phenoxy) is 1. The minimum absolute atomic E-state index is 0.148. The maximum atomic E-state index is 12.4. The lowest BCUT2D eigenvalue weighted by molar-refractivity contribution is -0.136. The Morgan fingerprint density at radius 3 is 3.00 bits per heavy atom. The third-order valence-corrected chi connectivity index (χ3v) is 4.65. The summed E-state index contributed by atoms with van der Waals surface area (Å²) in [5.41, 5.74) is 1.15. The molecule has 4 heteroatoms. The van der Waals surface area contributed by atoms with E-state index in [0.717, 1.165) is 36.2 Å². The van der Waals surface area contributed by atoms with E-state index in [-0.39, 0.29) is 12.0 Å². The molecule has 0 saturated carbocycles. The van der Waals surface area contributed by atoms with E-state index in [9.17, 15) is 4.79 Å². The molecule has 0 bridgehead atoms. The summed E-state index contributed by atoms with van der Waals surface area (Å²) in [6.07, 6.45) is 1.50. The van der Waals surface area contributed by atoms with E-state index in [2.05, 4.69) is 15.9 Å². The van der Waals surface area contributed by atoms with Gasteiger partial charge in [-0.05, 0) is 24.0 Å². The number of carbonyl (C=O) groups is 1. The van der Waals surface area contributed by atoms with Gasteiger partial charge in [0.15, 0.2) is 6.10 Å². The fourth-order valence-corrected chi connectivity index (χ4v) is 3.21. The molecular formula is C14H16BrNO2. The number of likely N-dealkylation sites (tertiary alicyclic amines) is 1. The average Bonchev–Trinajstić information content (AvgIpc) is 3.04. The van der Waals surface area contributed by atoms with Gasteiger partial charge in [0.25, 0.3) is 5.91 Å². The molecule has 0 N–H and O–H groups in total. The summed E-state index contributed by atoms with van der Waals surface area (Å²) in [5.74, 6) is 1.61. The Morgan fingerprint density at radius 2 is 2.28 bits per heavy atom. The molecule has 1 fully saturated rings. The second-order valence-electron chi connectivity index (χ2n) is 5.01. The number of carbonyl (C=O) groups excluding carboxylic acids is 1. The van der Waals surface area contributed by atoms with Gasteiger partial charge in [0, 0.05) is 24.8 Å². The molecule has 3 nitrogen and oxygen atoms in total. The minimum Gasteiger partial charge on any atom is -0.480 e. The zero-order chi connectivity index (χ0) is 12.5. The van der Waals surface area contributed by atoms with Crippen molar-refractivity contribution in [2.75, 3.05) is 18.4 Å². The molecule has 0 radical (unpaired) electrons. The number of halogens is 1. The number of alkyl halides is 1. The van der Waals surface area contributed by atoms with Gasteiger partial charge in [0.1, 0.15) is 5.75 Å². The molecule has 3 rings (SSSR count). The van der Waals surface area contributed by atoms with E-state index in [1.54, 1.807) is 0 Å². The van der Waals surface area contributed by atoms with Crippen molar-refractivity contribution in [2.45, 2.75) is 18.9 Å². The number of amides is 1. The smallest absolute Gasteiger partial charge is 0.264 e. The topological polar surface area (TPSA) is 29.5 Å². The van der Waals surface area contributed by atoms with Crippen molar-refractivity contribution in [3.63, 3.8) is 0 Å². The number of fused-ring (bicyclic) bond motifs is 1. The molecule has 1 aromatic rings. The molecule has 2 aliphatic rings. The lowest BCUT2D eigenvalue weighted by Crippen LogP contribution is -2.40. The number of hydrogen-bond donors (Lipinski definition) is 0. The lowest BCUT2D eigenvalue weighted by Gasteiger charge is -2.20. The molecule has 2 unspecified atom stereocenters. The summed E-state index contributed by atoms with van der Waals surface area (Å²) in [4.78, 5) is 14.3. The van der Waals surface area contributed by atoms with Gasteiger partial charge in [0.05, 0.1) is 0 Å². The number of para-hydroxylation sites is 1. The third-order valence-electron chi connectivity index (χ3n) is 3.74. The molecule has 0 aliphatic carbocycles. The van der Waals surface area contributed by atoms with Crippen LogP contribution in [0.25, 0.3) is 0 Å². The van der Waals surface area contributed by atoms with Crippen molar-refractivity contribution < 1.29 is 9.53 Å². The Morgan fingerprint density at radius 1 is 1.44 bits per heavy atom. The summed E-state index contributed by atoms with van der Waals surface area (Å²) in [6, 6.07) is 7.91. The third kappa shape index (κ3) is 2.14. The van der Waals surface area contributed by atoms with Crippen molar-refractivity contribution >= 4 is 21.8 Å². The van der Waals surface area contributed by atoms with Gasteiger partial charge in [0.2, 0.25) is 0 Å². The highest BCUT2D eigenvalue weighted by Gasteiger charge is 2.35. The molecule has 2 aliphatic heterocycles. The first-order chi connectivity index (χ1) is 8.78. The molecule has 2 atom stereocenters. The van der Waals surface area contributed by atoms with E-state index in [4.69, 9.17) is 4.74 Å². The summed E-state index contributed by atoms with van der Waals surface area (Å²) < 4.78 is 5.75. The Bertz CT molecular complexity index is 438. The molecule has 1 amide bonds. The Labute approximate surface area is 115 Å². The van der Waals surface area contributed by atoms with Crippen LogP contribution in [0.4, 0.5) is 0 Å². The second-order valence-corrected chi connectivity index (χ2v) is 5.66. The predicted octanol–water partition coefficient (Wildman–Crippen LogP) is 2.23. The van der Waals surface area contributed by atoms with Gasteiger partial charge < -0.3 is 9.64 Å². The van der Waals surface area contributed by atoms with Crippen LogP contribution >= 0.6 is 15.9 Å². The first kappa shape index (κ1) is 12.0. The van der Waals surface area contributed by atoms with Crippen LogP contribution in [0.5, 0.6) is 5.75 Å². The normalized spacial score (nSPS) is 25.9. The quantitative estimate of drug-likeness (QED) is 0.784. The van der Waals surface area contributed by atoms with Crippen molar-refractivity contribution in [3.8, 4) is 5.75 Å². The first-order valence-electron chi connectivity index (χ1n) is 6.37. The summed E-state index contributed by atoms with van der Waals surface area (Å²) in [6.45, 7) is 1.73. The van der Waals surface area contributed by atoms with Crippen LogP contribution in [0.2, 0.25) is 0 Å². The van der Waals surface area contributed by atoms with Gasteiger partial charge >= 0.3 is 0 Å². The average molecular weight is 310 g/mol. The van der Waals surface area contributed by atoms with E-state index >= 15 is 0 Å². The fraction of sp³-hybridized carbons (Fsp3) is 0.500. The zero-order valence-electron chi connectivity index (χ0n) is 10.1. The van der Waals surface area contributed by atoms with Crippen LogP contribution in [0.1, 0.15) is 12.0 Å². The molecule has 96 valence electrons. The van der Waals surface area contributed by atoms with Crippen LogP contribution in [0, 0.1) is 5.92 Å². The van der Waals surface area contributed by atoms with Crippen LogP contribution < -0.4 is 4.74 Å². The summed E-state index contributed by atoms with van der Waals surface area (Å²) in [5, 5.41) is 0.975. The molecule has 0 aromatic heterocycles. The standard InChI is InChI=1S/C14H16BrNO2/c15-8-10-5-6-16(9-10)14(17)13-7-11-3-1-2-4-12(11)18-13/h1-4,10,13H,5-9H2. The lowest BCUT2D eigenvalue weighted by atomic mass is 10.1. The van der Waals surface area contributed by atoms with Gasteiger partial charge in [-0.2, -0.15) is 0 Å². The Kier molecular flexibility index (Phi) is 3.29. The van der Waals surface area contributed by atoms with Gasteiger partial charge in [-0.3, -0.25) is 4.79 Å². The SMILES string of the molecule is O=C(C1Cc2ccccc2O1)N1CCC(CBr)C1. The number of benzene rings is 1. The van der Waals surface area contributed by atoms with Crippen molar-refractivity contribution in [3.05, 3.63) is 29.8 Å². The maximum Gasteiger partial charge on any atom is 0.264 e. The van der Waals surface area contributed by atoms with Crippen LogP contribution in [-0.2, 0) is 11.2 Å². The zero-order valence-corrected chi connectivity index (χ0v) is 11.7. The van der Waals surface area contributed by atoms with Crippen LogP contribution in [-0.4, -0.2) is 35.3 Å². The number of nitrogens with zero attached hydrogens (tertiary/aromatic N) is 1. The maximum absolute atomic E-state index is 12.4. The van der Waals surface area contributed by atoms with Crippen LogP contribution in [0.15, 0.2) is 24.3 Å². The predicted molar refractivity (Wildman–Crippen MR) is 73.0 cm³/mol. The molecule has 1 saturated heterocycles. The summed E-state index contributed by atoms with van der Waals surface area (Å²) in [7, 11) is 0. The number of rotatable bonds is 2. The highest BCUT2D eigenvalue weighted by Crippen LogP contribution is 2.30. The van der Waals surface area contributed by atoms with E-state index in [1.165, 1.54) is 0 Å². The molecule has 18 heavy (non-hydrogen) atoms. The van der Waals surface area contributed by atoms with E-state index in [1.807, 2.05) is 29.2 Å². The van der Waals surface area contributed by atoms with E-state index in [0.29, 0.717) is 12.3 Å². The molecule has 1 aromatic carbocycles. The van der Waals surface area contributed by atoms with Gasteiger partial charge in [-0.25, -0.2) is 0 Å².